The summed E-state index contributed by atoms with van der Waals surface area (Å²) in [6, 6.07) is 26.6. The summed E-state index contributed by atoms with van der Waals surface area (Å²) in [5, 5.41) is 0.225. The maximum Gasteiger partial charge on any atom is 0.314 e. The van der Waals surface area contributed by atoms with Crippen LogP contribution in [-0.2, 0) is 30.3 Å². The number of allylic oxidation sites excluding steroid dienone is 1. The van der Waals surface area contributed by atoms with Crippen molar-refractivity contribution in [3.05, 3.63) is 134 Å². The number of hydrogen-bond acceptors (Lipinski definition) is 13. The number of ketones is 1. The zero-order chi connectivity index (χ0) is 49.0. The summed E-state index contributed by atoms with van der Waals surface area (Å²) >= 11 is 13.5. The third-order valence-corrected chi connectivity index (χ3v) is 13.9. The predicted molar refractivity (Wildman–Crippen MR) is 262 cm³/mol. The molecule has 0 bridgehead atoms. The van der Waals surface area contributed by atoms with Crippen molar-refractivity contribution >= 4 is 81.9 Å². The number of ether oxygens (including phenoxy) is 6. The molecule has 1 heterocycles. The number of nitrogens with zero attached hydrogens (tertiary/aromatic N) is 1. The van der Waals surface area contributed by atoms with Gasteiger partial charge in [0.15, 0.2) is 5.78 Å². The van der Waals surface area contributed by atoms with Crippen LogP contribution < -0.4 is 28.6 Å². The molecule has 2 fully saturated rings. The van der Waals surface area contributed by atoms with Crippen molar-refractivity contribution < 1.29 is 57.2 Å². The molecule has 1 amide bonds. The van der Waals surface area contributed by atoms with Gasteiger partial charge in [-0.15, -0.1) is 11.3 Å². The van der Waals surface area contributed by atoms with Gasteiger partial charge in [-0.3, -0.25) is 28.8 Å². The first-order valence-corrected chi connectivity index (χ1v) is 24.1. The fourth-order valence-corrected chi connectivity index (χ4v) is 9.39. The lowest BCUT2D eigenvalue weighted by atomic mass is 9.82. The van der Waals surface area contributed by atoms with Crippen LogP contribution in [0.1, 0.15) is 82.5 Å². The highest BCUT2D eigenvalue weighted by atomic mass is 35.5. The summed E-state index contributed by atoms with van der Waals surface area (Å²) in [6.07, 6.45) is 7.29. The monoisotopic (exact) mass is 995 g/mol. The van der Waals surface area contributed by atoms with Crippen molar-refractivity contribution in [1.82, 2.24) is 0 Å². The first kappa shape index (κ1) is 50.6. The fourth-order valence-electron chi connectivity index (χ4n) is 8.20. The SMILES string of the molecule is COCCc1ccc(OC(=O)C2CCC(C(=O)Oc3ccc(N(C)C(=O)c4ccc(OC(=O)C5CCC(C(=O)Oc6cc(Cl)c(OC)cc6/C=C/C(=O)c6ccc(Cl)s6)CC5)cc4)cc3)CC2)cc1. The molecule has 0 radical (unpaired) electrons. The van der Waals surface area contributed by atoms with E-state index in [2.05, 4.69) is 0 Å². The number of thiophene rings is 1. The topological polar surface area (TPSA) is 161 Å². The Balaban J connectivity index is 0.837. The van der Waals surface area contributed by atoms with E-state index in [1.165, 1.54) is 30.2 Å². The van der Waals surface area contributed by atoms with Gasteiger partial charge >= 0.3 is 23.9 Å². The molecule has 0 N–H and O–H groups in total. The standard InChI is InChI=1S/C53H51Cl2NO12S/c1-56(39-17-23-42(24-18-39)67-52(61)35-8-6-34(7-9-35)50(59)65-40-19-4-32(5-20-40)28-29-63-2)49(58)33-14-21-41(22-15-33)66-51(60)36-10-12-37(13-11-36)53(62)68-45-31-43(54)46(64-3)30-38(45)16-25-44(57)47-26-27-48(55)69-47/h4-5,14-27,30-31,34-37H,6-13,28-29H2,1-3H3/b25-16+. The van der Waals surface area contributed by atoms with Gasteiger partial charge in [0.1, 0.15) is 28.7 Å². The van der Waals surface area contributed by atoms with Gasteiger partial charge in [-0.2, -0.15) is 0 Å². The Morgan fingerprint density at radius 3 is 1.55 bits per heavy atom. The number of benzene rings is 4. The van der Waals surface area contributed by atoms with Gasteiger partial charge in [0.25, 0.3) is 5.91 Å². The van der Waals surface area contributed by atoms with Gasteiger partial charge in [0.2, 0.25) is 0 Å². The Morgan fingerprint density at radius 1 is 0.609 bits per heavy atom. The summed E-state index contributed by atoms with van der Waals surface area (Å²) in [6.45, 7) is 0.612. The molecular formula is C53H51Cl2NO12S. The first-order chi connectivity index (χ1) is 33.3. The molecule has 0 spiro atoms. The fraction of sp³-hybridized carbons (Fsp3) is 0.321. The largest absolute Gasteiger partial charge is 0.495 e. The molecule has 2 aliphatic carbocycles. The third kappa shape index (κ3) is 13.5. The van der Waals surface area contributed by atoms with Crippen LogP contribution in [0, 0.1) is 23.7 Å². The number of rotatable bonds is 17. The molecule has 2 saturated carbocycles. The number of methoxy groups -OCH3 is 2. The normalized spacial score (nSPS) is 17.9. The molecule has 16 heteroatoms. The minimum Gasteiger partial charge on any atom is -0.495 e. The summed E-state index contributed by atoms with van der Waals surface area (Å²) < 4.78 is 33.7. The van der Waals surface area contributed by atoms with Crippen molar-refractivity contribution in [1.29, 1.82) is 0 Å². The van der Waals surface area contributed by atoms with E-state index in [1.807, 2.05) is 12.1 Å². The molecule has 2 aliphatic rings. The smallest absolute Gasteiger partial charge is 0.314 e. The Labute approximate surface area is 414 Å². The number of hydrogen-bond donors (Lipinski definition) is 0. The second kappa shape index (κ2) is 23.8. The lowest BCUT2D eigenvalue weighted by Crippen LogP contribution is -2.30. The molecule has 0 atom stereocenters. The highest BCUT2D eigenvalue weighted by Gasteiger charge is 2.34. The molecule has 0 aliphatic heterocycles. The molecular weight excluding hydrogens is 946 g/mol. The molecule has 0 saturated heterocycles. The summed E-state index contributed by atoms with van der Waals surface area (Å²) in [4.78, 5) is 80.5. The maximum absolute atomic E-state index is 13.4. The van der Waals surface area contributed by atoms with E-state index in [-0.39, 0.29) is 52.0 Å². The van der Waals surface area contributed by atoms with E-state index in [1.54, 1.807) is 93.0 Å². The van der Waals surface area contributed by atoms with Gasteiger partial charge in [-0.25, -0.2) is 0 Å². The molecule has 1 aromatic heterocycles. The quantitative estimate of drug-likeness (QED) is 0.0376. The molecule has 5 aromatic rings. The van der Waals surface area contributed by atoms with Crippen molar-refractivity contribution in [3.8, 4) is 28.7 Å². The average molecular weight is 997 g/mol. The van der Waals surface area contributed by atoms with Crippen molar-refractivity contribution in [2.75, 3.05) is 32.8 Å². The van der Waals surface area contributed by atoms with E-state index < -0.39 is 23.8 Å². The summed E-state index contributed by atoms with van der Waals surface area (Å²) in [7, 11) is 4.73. The van der Waals surface area contributed by atoms with Crippen LogP contribution in [0.15, 0.2) is 103 Å². The number of esters is 4. The van der Waals surface area contributed by atoms with Crippen LogP contribution >= 0.6 is 34.5 Å². The van der Waals surface area contributed by atoms with E-state index in [0.29, 0.717) is 101 Å². The van der Waals surface area contributed by atoms with Gasteiger partial charge < -0.3 is 33.3 Å². The van der Waals surface area contributed by atoms with Crippen LogP contribution in [0.4, 0.5) is 5.69 Å². The third-order valence-electron chi connectivity index (χ3n) is 12.3. The lowest BCUT2D eigenvalue weighted by Gasteiger charge is -2.26. The van der Waals surface area contributed by atoms with Gasteiger partial charge in [0.05, 0.1) is 51.6 Å². The average Bonchev–Trinajstić information content (AvgIpc) is 3.82. The Morgan fingerprint density at radius 2 is 1.09 bits per heavy atom. The number of halogens is 2. The van der Waals surface area contributed by atoms with Crippen LogP contribution in [0.25, 0.3) is 6.08 Å². The first-order valence-electron chi connectivity index (χ1n) is 22.6. The maximum atomic E-state index is 13.4. The number of carbonyl (C=O) groups is 6. The molecule has 0 unspecified atom stereocenters. The Kier molecular flexibility index (Phi) is 17.4. The molecule has 69 heavy (non-hydrogen) atoms. The second-order valence-electron chi connectivity index (χ2n) is 16.9. The molecule has 4 aromatic carbocycles. The highest BCUT2D eigenvalue weighted by Crippen LogP contribution is 2.37. The zero-order valence-electron chi connectivity index (χ0n) is 38.3. The van der Waals surface area contributed by atoms with Crippen LogP contribution in [-0.4, -0.2) is 63.4 Å². The second-order valence-corrected chi connectivity index (χ2v) is 19.0. The number of amides is 1. The number of anilines is 1. The predicted octanol–water partition coefficient (Wildman–Crippen LogP) is 11.1. The number of carbonyl (C=O) groups excluding carboxylic acids is 6. The van der Waals surface area contributed by atoms with Crippen molar-refractivity contribution in [3.63, 3.8) is 0 Å². The minimum atomic E-state index is -0.484. The van der Waals surface area contributed by atoms with E-state index in [0.717, 1.165) is 23.3 Å². The van der Waals surface area contributed by atoms with Gasteiger partial charge in [-0.1, -0.05) is 35.3 Å². The molecule has 13 nitrogen and oxygen atoms in total. The minimum absolute atomic E-state index is 0.162. The van der Waals surface area contributed by atoms with E-state index in [4.69, 9.17) is 51.6 Å². The Bertz CT molecular complexity index is 2670. The molecule has 360 valence electrons. The van der Waals surface area contributed by atoms with Crippen molar-refractivity contribution in [2.24, 2.45) is 23.7 Å². The van der Waals surface area contributed by atoms with E-state index >= 15 is 0 Å². The van der Waals surface area contributed by atoms with Crippen LogP contribution in [0.3, 0.4) is 0 Å². The van der Waals surface area contributed by atoms with Crippen LogP contribution in [0.5, 0.6) is 28.7 Å². The van der Waals surface area contributed by atoms with Gasteiger partial charge in [0, 0.05) is 37.0 Å². The van der Waals surface area contributed by atoms with E-state index in [9.17, 15) is 28.8 Å². The highest BCUT2D eigenvalue weighted by molar-refractivity contribution is 7.18. The van der Waals surface area contributed by atoms with Crippen molar-refractivity contribution in [2.45, 2.75) is 57.8 Å². The summed E-state index contributed by atoms with van der Waals surface area (Å²) in [5.74, 6) is -2.12. The summed E-state index contributed by atoms with van der Waals surface area (Å²) in [5.41, 5.74) is 2.43. The lowest BCUT2D eigenvalue weighted by molar-refractivity contribution is -0.145. The van der Waals surface area contributed by atoms with Gasteiger partial charge in [-0.05, 0) is 154 Å². The van der Waals surface area contributed by atoms with Crippen LogP contribution in [0.2, 0.25) is 9.36 Å². The zero-order valence-corrected chi connectivity index (χ0v) is 40.6. The molecule has 7 rings (SSSR count). The Hall–Kier alpha value is -6.32.